The highest BCUT2D eigenvalue weighted by Crippen LogP contribution is 2.28. The van der Waals surface area contributed by atoms with Crippen LogP contribution in [0.25, 0.3) is 0 Å². The molecule has 0 aliphatic heterocycles. The van der Waals surface area contributed by atoms with Crippen molar-refractivity contribution in [2.24, 2.45) is 0 Å². The molecule has 0 heterocycles. The molecular weight excluding hydrogens is 456 g/mol. The van der Waals surface area contributed by atoms with E-state index in [0.717, 1.165) is 5.56 Å². The van der Waals surface area contributed by atoms with Crippen molar-refractivity contribution in [3.05, 3.63) is 77.9 Å². The van der Waals surface area contributed by atoms with E-state index < -0.39 is 39.3 Å². The summed E-state index contributed by atoms with van der Waals surface area (Å²) in [6.45, 7) is 6.97. The van der Waals surface area contributed by atoms with Gasteiger partial charge in [0.05, 0.1) is 16.0 Å². The maximum absolute atomic E-state index is 13.1. The minimum Gasteiger partial charge on any atom is -0.454 e. The maximum atomic E-state index is 13.1. The van der Waals surface area contributed by atoms with Crippen LogP contribution >= 0.6 is 0 Å². The largest absolute Gasteiger partial charge is 0.454 e. The predicted octanol–water partition coefficient (Wildman–Crippen LogP) is 3.72. The second kappa shape index (κ2) is 9.99. The number of nitrogens with one attached hydrogen (secondary N) is 2. The lowest BCUT2D eigenvalue weighted by molar-refractivity contribution is 0.0359. The lowest BCUT2D eigenvalue weighted by Gasteiger charge is -2.30. The Kier molecular flexibility index (Phi) is 7.48. The van der Waals surface area contributed by atoms with Crippen LogP contribution in [0.3, 0.4) is 0 Å². The molecular formula is C25H30N2O6S. The number of esters is 1. The van der Waals surface area contributed by atoms with E-state index in [4.69, 9.17) is 9.47 Å². The molecule has 0 saturated heterocycles. The lowest BCUT2D eigenvalue weighted by Crippen LogP contribution is -2.54. The van der Waals surface area contributed by atoms with Gasteiger partial charge in [0.15, 0.2) is 0 Å². The van der Waals surface area contributed by atoms with Crippen molar-refractivity contribution in [1.82, 2.24) is 10.0 Å². The zero-order valence-corrected chi connectivity index (χ0v) is 20.5. The Hall–Kier alpha value is -3.17. The van der Waals surface area contributed by atoms with Crippen LogP contribution in [0.1, 0.15) is 43.1 Å². The van der Waals surface area contributed by atoms with E-state index in [1.807, 2.05) is 6.92 Å². The Balaban J connectivity index is 1.78. The molecule has 2 aromatic carbocycles. The first kappa shape index (κ1) is 25.5. The average molecular weight is 487 g/mol. The van der Waals surface area contributed by atoms with Gasteiger partial charge in [0, 0.05) is 13.0 Å². The Labute approximate surface area is 200 Å². The summed E-state index contributed by atoms with van der Waals surface area (Å²) < 4.78 is 39.8. The maximum Gasteiger partial charge on any atom is 0.407 e. The van der Waals surface area contributed by atoms with Crippen LogP contribution in [0.2, 0.25) is 0 Å². The van der Waals surface area contributed by atoms with Crippen molar-refractivity contribution < 1.29 is 27.5 Å². The minimum absolute atomic E-state index is 0.0906. The summed E-state index contributed by atoms with van der Waals surface area (Å²) in [6.07, 6.45) is 1.97. The van der Waals surface area contributed by atoms with Crippen LogP contribution in [0, 0.1) is 6.92 Å². The number of ether oxygens (including phenoxy) is 2. The molecule has 0 spiro atoms. The molecule has 8 nitrogen and oxygen atoms in total. The van der Waals surface area contributed by atoms with Gasteiger partial charge in [-0.15, -0.1) is 0 Å². The van der Waals surface area contributed by atoms with Crippen LogP contribution < -0.4 is 10.0 Å². The van der Waals surface area contributed by atoms with E-state index >= 15 is 0 Å². The van der Waals surface area contributed by atoms with Crippen LogP contribution in [-0.2, 0) is 19.5 Å². The molecule has 9 heteroatoms. The SMILES string of the molecule is Cc1ccc(S(=O)(=O)N[C@@]2(CNC(=O)OC(C)(C)C)C=C[C@@H](OC(=O)c3ccccc3)C2)cc1. The number of carbonyl (C=O) groups is 2. The quantitative estimate of drug-likeness (QED) is 0.456. The minimum atomic E-state index is -3.94. The van der Waals surface area contributed by atoms with Crippen molar-refractivity contribution in [2.45, 2.75) is 56.3 Å². The Morgan fingerprint density at radius 3 is 2.32 bits per heavy atom. The van der Waals surface area contributed by atoms with Gasteiger partial charge in [-0.25, -0.2) is 18.0 Å². The van der Waals surface area contributed by atoms with Gasteiger partial charge in [0.25, 0.3) is 0 Å². The van der Waals surface area contributed by atoms with Gasteiger partial charge in [-0.1, -0.05) is 42.0 Å². The van der Waals surface area contributed by atoms with Gasteiger partial charge < -0.3 is 14.8 Å². The molecule has 0 aromatic heterocycles. The number of carbonyl (C=O) groups excluding carboxylic acids is 2. The fourth-order valence-electron chi connectivity index (χ4n) is 3.48. The van der Waals surface area contributed by atoms with Crippen molar-refractivity contribution in [2.75, 3.05) is 6.54 Å². The van der Waals surface area contributed by atoms with E-state index in [-0.39, 0.29) is 17.9 Å². The van der Waals surface area contributed by atoms with E-state index in [0.29, 0.717) is 5.56 Å². The highest BCUT2D eigenvalue weighted by molar-refractivity contribution is 7.89. The van der Waals surface area contributed by atoms with E-state index in [1.54, 1.807) is 75.4 Å². The van der Waals surface area contributed by atoms with Crippen LogP contribution in [-0.4, -0.2) is 44.3 Å². The summed E-state index contributed by atoms with van der Waals surface area (Å²) in [4.78, 5) is 24.8. The van der Waals surface area contributed by atoms with Crippen LogP contribution in [0.15, 0.2) is 71.6 Å². The van der Waals surface area contributed by atoms with Gasteiger partial charge in [-0.05, 0) is 58.0 Å². The molecule has 0 fully saturated rings. The highest BCUT2D eigenvalue weighted by Gasteiger charge is 2.40. The van der Waals surface area contributed by atoms with Gasteiger partial charge in [0.2, 0.25) is 10.0 Å². The first-order chi connectivity index (χ1) is 15.9. The summed E-state index contributed by atoms with van der Waals surface area (Å²) in [5, 5.41) is 2.63. The Morgan fingerprint density at radius 2 is 1.71 bits per heavy atom. The van der Waals surface area contributed by atoms with Crippen molar-refractivity contribution in [1.29, 1.82) is 0 Å². The first-order valence-corrected chi connectivity index (χ1v) is 12.4. The zero-order valence-electron chi connectivity index (χ0n) is 19.7. The molecule has 182 valence electrons. The highest BCUT2D eigenvalue weighted by atomic mass is 32.2. The fourth-order valence-corrected chi connectivity index (χ4v) is 4.85. The van der Waals surface area contributed by atoms with Crippen molar-refractivity contribution in [3.8, 4) is 0 Å². The number of benzene rings is 2. The summed E-state index contributed by atoms with van der Waals surface area (Å²) >= 11 is 0. The lowest BCUT2D eigenvalue weighted by atomic mass is 10.00. The summed E-state index contributed by atoms with van der Waals surface area (Å²) in [5.74, 6) is -0.521. The number of amides is 1. The van der Waals surface area contributed by atoms with Crippen LogP contribution in [0.5, 0.6) is 0 Å². The Morgan fingerprint density at radius 1 is 1.06 bits per heavy atom. The molecule has 1 aliphatic rings. The summed E-state index contributed by atoms with van der Waals surface area (Å²) in [6, 6.07) is 15.0. The number of hydrogen-bond donors (Lipinski definition) is 2. The summed E-state index contributed by atoms with van der Waals surface area (Å²) in [5.41, 5.74) is -0.616. The van der Waals surface area contributed by atoms with Gasteiger partial charge in [-0.3, -0.25) is 0 Å². The standard InChI is InChI=1S/C25H30N2O6S/c1-18-10-12-21(13-11-18)34(30,31)27-25(17-26-23(29)33-24(2,3)4)15-14-20(16-25)32-22(28)19-8-6-5-7-9-19/h5-15,20,27H,16-17H2,1-4H3,(H,26,29)/t20-,25+/m1/s1. The van der Waals surface area contributed by atoms with E-state index in [1.165, 1.54) is 12.1 Å². The normalized spacial score (nSPS) is 20.1. The Bertz CT molecular complexity index is 1150. The molecule has 0 unspecified atom stereocenters. The third kappa shape index (κ3) is 6.91. The number of alkyl carbamates (subject to hydrolysis) is 1. The molecule has 2 aromatic rings. The van der Waals surface area contributed by atoms with E-state index in [9.17, 15) is 18.0 Å². The fraction of sp³-hybridized carbons (Fsp3) is 0.360. The molecule has 1 amide bonds. The van der Waals surface area contributed by atoms with E-state index in [2.05, 4.69) is 10.0 Å². The number of sulfonamides is 1. The van der Waals surface area contributed by atoms with Crippen LogP contribution in [0.4, 0.5) is 4.79 Å². The second-order valence-electron chi connectivity index (χ2n) is 9.30. The predicted molar refractivity (Wildman–Crippen MR) is 128 cm³/mol. The summed E-state index contributed by atoms with van der Waals surface area (Å²) in [7, 11) is -3.94. The monoisotopic (exact) mass is 486 g/mol. The number of aryl methyl sites for hydroxylation is 1. The third-order valence-corrected chi connectivity index (χ3v) is 6.65. The molecule has 2 N–H and O–H groups in total. The molecule has 3 rings (SSSR count). The third-order valence-electron chi connectivity index (χ3n) is 5.08. The van der Waals surface area contributed by atoms with Gasteiger partial charge in [-0.2, -0.15) is 4.72 Å². The smallest absolute Gasteiger partial charge is 0.407 e. The zero-order chi connectivity index (χ0) is 25.0. The topological polar surface area (TPSA) is 111 Å². The molecule has 2 atom stereocenters. The number of hydrogen-bond acceptors (Lipinski definition) is 6. The molecule has 0 saturated carbocycles. The molecule has 1 aliphatic carbocycles. The van der Waals surface area contributed by atoms with Crippen molar-refractivity contribution in [3.63, 3.8) is 0 Å². The molecule has 34 heavy (non-hydrogen) atoms. The number of rotatable bonds is 7. The van der Waals surface area contributed by atoms with Gasteiger partial charge >= 0.3 is 12.1 Å². The van der Waals surface area contributed by atoms with Gasteiger partial charge in [0.1, 0.15) is 11.7 Å². The van der Waals surface area contributed by atoms with Crippen molar-refractivity contribution >= 4 is 22.1 Å². The molecule has 0 radical (unpaired) electrons. The average Bonchev–Trinajstić information content (AvgIpc) is 3.14. The second-order valence-corrected chi connectivity index (χ2v) is 11.0. The first-order valence-electron chi connectivity index (χ1n) is 10.9. The molecule has 0 bridgehead atoms.